The molecule has 0 saturated heterocycles. The maximum absolute atomic E-state index is 12.1. The van der Waals surface area contributed by atoms with Gasteiger partial charge in [-0.2, -0.15) is 5.10 Å². The second-order valence-corrected chi connectivity index (χ2v) is 5.59. The van der Waals surface area contributed by atoms with Crippen LogP contribution < -0.4 is 11.1 Å². The van der Waals surface area contributed by atoms with E-state index < -0.39 is 0 Å². The Balaban J connectivity index is 2.13. The molecule has 0 aliphatic carbocycles. The van der Waals surface area contributed by atoms with Gasteiger partial charge in [-0.1, -0.05) is 6.92 Å². The van der Waals surface area contributed by atoms with Gasteiger partial charge in [0, 0.05) is 18.1 Å². The third-order valence-electron chi connectivity index (χ3n) is 2.69. The van der Waals surface area contributed by atoms with Crippen LogP contribution in [0.3, 0.4) is 0 Å². The fourth-order valence-corrected chi connectivity index (χ4v) is 2.48. The maximum atomic E-state index is 12.1. The zero-order chi connectivity index (χ0) is 14.5. The van der Waals surface area contributed by atoms with Gasteiger partial charge in [-0.05, 0) is 36.4 Å². The molecule has 20 heavy (non-hydrogen) atoms. The average Bonchev–Trinajstić information content (AvgIpc) is 2.86. The number of nitrogens with one attached hydrogen (secondary N) is 1. The third-order valence-corrected chi connectivity index (χ3v) is 3.89. The average molecular weight is 290 g/mol. The van der Waals surface area contributed by atoms with Crippen molar-refractivity contribution >= 4 is 29.0 Å². The van der Waals surface area contributed by atoms with E-state index in [9.17, 15) is 4.79 Å². The van der Waals surface area contributed by atoms with Crippen LogP contribution >= 0.6 is 11.8 Å². The van der Waals surface area contributed by atoms with Crippen molar-refractivity contribution in [1.82, 2.24) is 9.78 Å². The lowest BCUT2D eigenvalue weighted by Gasteiger charge is -2.09. The van der Waals surface area contributed by atoms with Crippen molar-refractivity contribution in [2.45, 2.75) is 18.2 Å². The molecule has 0 unspecified atom stereocenters. The van der Waals surface area contributed by atoms with Crippen LogP contribution in [0.15, 0.2) is 35.4 Å². The van der Waals surface area contributed by atoms with E-state index in [1.54, 1.807) is 35.8 Å². The van der Waals surface area contributed by atoms with Gasteiger partial charge < -0.3 is 11.1 Å². The van der Waals surface area contributed by atoms with Crippen molar-refractivity contribution in [3.63, 3.8) is 0 Å². The molecule has 0 aliphatic heterocycles. The topological polar surface area (TPSA) is 72.9 Å². The molecule has 1 aromatic carbocycles. The number of nitrogen functional groups attached to an aromatic ring is 1. The number of anilines is 2. The Morgan fingerprint density at radius 1 is 1.45 bits per heavy atom. The summed E-state index contributed by atoms with van der Waals surface area (Å²) in [6.07, 6.45) is 2.83. The molecule has 1 amide bonds. The van der Waals surface area contributed by atoms with Gasteiger partial charge in [0.25, 0.3) is 5.91 Å². The monoisotopic (exact) mass is 290 g/mol. The minimum Gasteiger partial charge on any atom is -0.397 e. The number of carbonyl (C=O) groups excluding carboxylic acids is 1. The van der Waals surface area contributed by atoms with E-state index in [0.717, 1.165) is 17.1 Å². The Bertz CT molecular complexity index is 609. The molecule has 0 spiro atoms. The van der Waals surface area contributed by atoms with Crippen LogP contribution in [0.4, 0.5) is 11.4 Å². The summed E-state index contributed by atoms with van der Waals surface area (Å²) in [5, 5.41) is 6.87. The van der Waals surface area contributed by atoms with Gasteiger partial charge in [-0.3, -0.25) is 9.48 Å². The summed E-state index contributed by atoms with van der Waals surface area (Å²) in [6.45, 7) is 2.13. The largest absolute Gasteiger partial charge is 0.397 e. The summed E-state index contributed by atoms with van der Waals surface area (Å²) >= 11 is 1.74. The number of hydrogen-bond acceptors (Lipinski definition) is 4. The maximum Gasteiger partial charge on any atom is 0.276 e. The number of rotatable bonds is 5. The lowest BCUT2D eigenvalue weighted by atomic mass is 10.2. The van der Waals surface area contributed by atoms with E-state index in [0.29, 0.717) is 17.1 Å². The molecule has 0 aliphatic rings. The highest BCUT2D eigenvalue weighted by molar-refractivity contribution is 7.99. The lowest BCUT2D eigenvalue weighted by molar-refractivity contribution is 0.102. The van der Waals surface area contributed by atoms with E-state index in [2.05, 4.69) is 17.3 Å². The molecule has 106 valence electrons. The lowest BCUT2D eigenvalue weighted by Crippen LogP contribution is -2.14. The van der Waals surface area contributed by atoms with E-state index >= 15 is 0 Å². The molecule has 5 nitrogen and oxygen atoms in total. The van der Waals surface area contributed by atoms with Gasteiger partial charge in [0.2, 0.25) is 0 Å². The van der Waals surface area contributed by atoms with Crippen LogP contribution in [-0.2, 0) is 7.05 Å². The van der Waals surface area contributed by atoms with Gasteiger partial charge in [-0.15, -0.1) is 11.8 Å². The molecule has 2 aromatic rings. The van der Waals surface area contributed by atoms with Gasteiger partial charge >= 0.3 is 0 Å². The molecule has 0 atom stereocenters. The number of aromatic nitrogens is 2. The van der Waals surface area contributed by atoms with Crippen LogP contribution in [0.1, 0.15) is 23.8 Å². The third kappa shape index (κ3) is 3.54. The first kappa shape index (κ1) is 14.5. The first-order valence-corrected chi connectivity index (χ1v) is 7.42. The number of aryl methyl sites for hydroxylation is 1. The Labute approximate surface area is 122 Å². The first-order valence-electron chi connectivity index (χ1n) is 6.43. The highest BCUT2D eigenvalue weighted by Crippen LogP contribution is 2.27. The highest BCUT2D eigenvalue weighted by atomic mass is 32.2. The fraction of sp³-hybridized carbons (Fsp3) is 0.286. The minimum atomic E-state index is -0.255. The summed E-state index contributed by atoms with van der Waals surface area (Å²) in [7, 11) is 1.77. The Morgan fingerprint density at radius 2 is 2.25 bits per heavy atom. The van der Waals surface area contributed by atoms with Crippen molar-refractivity contribution < 1.29 is 4.79 Å². The Morgan fingerprint density at radius 3 is 2.90 bits per heavy atom. The van der Waals surface area contributed by atoms with Crippen LogP contribution in [0.25, 0.3) is 0 Å². The van der Waals surface area contributed by atoms with Crippen LogP contribution in [0.5, 0.6) is 0 Å². The highest BCUT2D eigenvalue weighted by Gasteiger charge is 2.11. The van der Waals surface area contributed by atoms with E-state index in [1.807, 2.05) is 18.2 Å². The van der Waals surface area contributed by atoms with Gasteiger partial charge in [0.05, 0.1) is 11.4 Å². The van der Waals surface area contributed by atoms with Crippen LogP contribution in [-0.4, -0.2) is 21.4 Å². The normalized spacial score (nSPS) is 10.5. The summed E-state index contributed by atoms with van der Waals surface area (Å²) < 4.78 is 1.59. The van der Waals surface area contributed by atoms with Crippen molar-refractivity contribution in [1.29, 1.82) is 0 Å². The number of amides is 1. The van der Waals surface area contributed by atoms with Crippen molar-refractivity contribution in [3.8, 4) is 0 Å². The zero-order valence-electron chi connectivity index (χ0n) is 11.6. The summed E-state index contributed by atoms with van der Waals surface area (Å²) in [6, 6.07) is 7.34. The molecule has 3 N–H and O–H groups in total. The summed E-state index contributed by atoms with van der Waals surface area (Å²) in [5.74, 6) is 0.785. The molecule has 0 bridgehead atoms. The first-order chi connectivity index (χ1) is 9.60. The number of nitrogens with two attached hydrogens (primary N) is 1. The molecular weight excluding hydrogens is 272 g/mol. The summed E-state index contributed by atoms with van der Waals surface area (Å²) in [5.41, 5.74) is 7.45. The van der Waals surface area contributed by atoms with Gasteiger partial charge in [-0.25, -0.2) is 0 Å². The fourth-order valence-electron chi connectivity index (χ4n) is 1.68. The molecule has 0 fully saturated rings. The van der Waals surface area contributed by atoms with Crippen molar-refractivity contribution in [2.24, 2.45) is 7.05 Å². The number of thioether (sulfide) groups is 1. The summed E-state index contributed by atoms with van der Waals surface area (Å²) in [4.78, 5) is 13.2. The van der Waals surface area contributed by atoms with Crippen molar-refractivity contribution in [3.05, 3.63) is 36.2 Å². The van der Waals surface area contributed by atoms with E-state index in [1.165, 1.54) is 0 Å². The molecule has 2 rings (SSSR count). The standard InChI is InChI=1S/C14H18N4OS/c1-3-8-20-10-4-5-11(15)13(9-10)16-14(19)12-6-7-18(2)17-12/h4-7,9H,3,8,15H2,1-2H3,(H,16,19). The number of hydrogen-bond donors (Lipinski definition) is 2. The minimum absolute atomic E-state index is 0.255. The van der Waals surface area contributed by atoms with Crippen LogP contribution in [0, 0.1) is 0 Å². The van der Waals surface area contributed by atoms with Crippen molar-refractivity contribution in [2.75, 3.05) is 16.8 Å². The molecule has 1 heterocycles. The molecule has 6 heteroatoms. The van der Waals surface area contributed by atoms with Crippen LogP contribution in [0.2, 0.25) is 0 Å². The second kappa shape index (κ2) is 6.47. The molecule has 0 saturated carbocycles. The molecule has 1 aromatic heterocycles. The SMILES string of the molecule is CCCSc1ccc(N)c(NC(=O)c2ccn(C)n2)c1. The second-order valence-electron chi connectivity index (χ2n) is 4.43. The zero-order valence-corrected chi connectivity index (χ0v) is 12.4. The Hall–Kier alpha value is -1.95. The van der Waals surface area contributed by atoms with E-state index in [4.69, 9.17) is 5.73 Å². The number of carbonyl (C=O) groups is 1. The quantitative estimate of drug-likeness (QED) is 0.656. The van der Waals surface area contributed by atoms with E-state index in [-0.39, 0.29) is 5.91 Å². The predicted molar refractivity (Wildman–Crippen MR) is 83.0 cm³/mol. The molecular formula is C14H18N4OS. The smallest absolute Gasteiger partial charge is 0.276 e. The molecule has 0 radical (unpaired) electrons. The number of benzene rings is 1. The van der Waals surface area contributed by atoms with Gasteiger partial charge in [0.15, 0.2) is 5.69 Å². The Kier molecular flexibility index (Phi) is 4.68. The predicted octanol–water partition coefficient (Wildman–Crippen LogP) is 2.76. The number of nitrogens with zero attached hydrogens (tertiary/aromatic N) is 2. The van der Waals surface area contributed by atoms with Gasteiger partial charge in [0.1, 0.15) is 0 Å².